The first-order chi connectivity index (χ1) is 10.1. The van der Waals surface area contributed by atoms with Gasteiger partial charge in [0, 0.05) is 18.7 Å². The van der Waals surface area contributed by atoms with Gasteiger partial charge in [-0.3, -0.25) is 9.59 Å². The van der Waals surface area contributed by atoms with Crippen LogP contribution in [0.25, 0.3) is 0 Å². The molecule has 110 valence electrons. The van der Waals surface area contributed by atoms with E-state index < -0.39 is 0 Å². The minimum Gasteiger partial charge on any atom is -0.484 e. The van der Waals surface area contributed by atoms with Gasteiger partial charge in [-0.25, -0.2) is 0 Å². The van der Waals surface area contributed by atoms with E-state index in [4.69, 9.17) is 9.15 Å². The van der Waals surface area contributed by atoms with Gasteiger partial charge in [-0.05, 0) is 24.3 Å². The molecule has 0 radical (unpaired) electrons. The third-order valence-electron chi connectivity index (χ3n) is 2.56. The van der Waals surface area contributed by atoms with Gasteiger partial charge in [0.1, 0.15) is 11.5 Å². The second-order valence-corrected chi connectivity index (χ2v) is 4.35. The molecule has 0 atom stereocenters. The van der Waals surface area contributed by atoms with Gasteiger partial charge in [-0.15, -0.1) is 0 Å². The van der Waals surface area contributed by atoms with E-state index in [1.807, 2.05) is 0 Å². The maximum absolute atomic E-state index is 11.6. The molecule has 2 aromatic rings. The van der Waals surface area contributed by atoms with Crippen molar-refractivity contribution < 1.29 is 18.7 Å². The summed E-state index contributed by atoms with van der Waals surface area (Å²) in [6.45, 7) is 1.64. The highest BCUT2D eigenvalue weighted by atomic mass is 16.5. The van der Waals surface area contributed by atoms with Gasteiger partial charge < -0.3 is 19.8 Å². The van der Waals surface area contributed by atoms with E-state index in [0.29, 0.717) is 23.7 Å². The highest BCUT2D eigenvalue weighted by molar-refractivity contribution is 5.88. The Bertz CT molecular complexity index is 608. The molecule has 0 saturated carbocycles. The molecule has 1 heterocycles. The first-order valence-electron chi connectivity index (χ1n) is 6.43. The first kappa shape index (κ1) is 14.6. The van der Waals surface area contributed by atoms with Crippen molar-refractivity contribution in [2.75, 3.05) is 11.9 Å². The van der Waals surface area contributed by atoms with E-state index in [2.05, 4.69) is 10.6 Å². The topological polar surface area (TPSA) is 80.6 Å². The fourth-order valence-electron chi connectivity index (χ4n) is 1.67. The van der Waals surface area contributed by atoms with Gasteiger partial charge in [-0.1, -0.05) is 6.07 Å². The molecule has 0 spiro atoms. The average Bonchev–Trinajstić information content (AvgIpc) is 2.96. The lowest BCUT2D eigenvalue weighted by atomic mass is 10.3. The molecule has 0 fully saturated rings. The van der Waals surface area contributed by atoms with Crippen LogP contribution in [0.2, 0.25) is 0 Å². The molecule has 0 unspecified atom stereocenters. The van der Waals surface area contributed by atoms with Crippen molar-refractivity contribution in [3.63, 3.8) is 0 Å². The van der Waals surface area contributed by atoms with Gasteiger partial charge in [-0.2, -0.15) is 0 Å². The van der Waals surface area contributed by atoms with Crippen LogP contribution in [0.3, 0.4) is 0 Å². The monoisotopic (exact) mass is 288 g/mol. The quantitative estimate of drug-likeness (QED) is 0.851. The van der Waals surface area contributed by atoms with Gasteiger partial charge in [0.15, 0.2) is 6.61 Å². The number of anilines is 1. The summed E-state index contributed by atoms with van der Waals surface area (Å²) >= 11 is 0. The predicted octanol–water partition coefficient (Wildman–Crippen LogP) is 1.93. The minimum absolute atomic E-state index is 0.107. The molecule has 6 heteroatoms. The van der Waals surface area contributed by atoms with E-state index in [9.17, 15) is 9.59 Å². The maximum atomic E-state index is 11.6. The number of benzene rings is 1. The molecule has 21 heavy (non-hydrogen) atoms. The fraction of sp³-hybridized carbons (Fsp3) is 0.200. The predicted molar refractivity (Wildman–Crippen MR) is 76.8 cm³/mol. The number of nitrogens with one attached hydrogen (secondary N) is 2. The molecule has 1 aromatic carbocycles. The zero-order chi connectivity index (χ0) is 15.1. The van der Waals surface area contributed by atoms with Crippen molar-refractivity contribution in [1.29, 1.82) is 0 Å². The Hall–Kier alpha value is -2.76. The zero-order valence-electron chi connectivity index (χ0n) is 11.6. The molecule has 6 nitrogen and oxygen atoms in total. The van der Waals surface area contributed by atoms with E-state index in [1.165, 1.54) is 6.92 Å². The average molecular weight is 288 g/mol. The van der Waals surface area contributed by atoms with E-state index >= 15 is 0 Å². The van der Waals surface area contributed by atoms with Crippen LogP contribution in [-0.4, -0.2) is 18.4 Å². The lowest BCUT2D eigenvalue weighted by Gasteiger charge is -2.08. The number of hydrogen-bond acceptors (Lipinski definition) is 4. The van der Waals surface area contributed by atoms with Crippen LogP contribution in [-0.2, 0) is 16.1 Å². The van der Waals surface area contributed by atoms with Gasteiger partial charge in [0.05, 0.1) is 12.8 Å². The van der Waals surface area contributed by atoms with Crippen LogP contribution in [0.1, 0.15) is 12.7 Å². The Balaban J connectivity index is 1.79. The highest BCUT2D eigenvalue weighted by Gasteiger charge is 2.05. The van der Waals surface area contributed by atoms with Crippen molar-refractivity contribution in [3.8, 4) is 5.75 Å². The third kappa shape index (κ3) is 5.02. The molecule has 2 rings (SSSR count). The Kier molecular flexibility index (Phi) is 4.98. The van der Waals surface area contributed by atoms with E-state index in [0.717, 1.165) is 0 Å². The smallest absolute Gasteiger partial charge is 0.258 e. The largest absolute Gasteiger partial charge is 0.484 e. The van der Waals surface area contributed by atoms with Crippen LogP contribution in [0.4, 0.5) is 5.69 Å². The standard InChI is InChI=1S/C15H16N2O4/c1-11(18)17-12-4-2-5-13(8-12)21-10-15(19)16-9-14-6-3-7-20-14/h2-8H,9-10H2,1H3,(H,16,19)(H,17,18). The summed E-state index contributed by atoms with van der Waals surface area (Å²) in [6, 6.07) is 10.4. The first-order valence-corrected chi connectivity index (χ1v) is 6.43. The molecule has 0 bridgehead atoms. The Morgan fingerprint density at radius 3 is 2.81 bits per heavy atom. The molecule has 1 aromatic heterocycles. The van der Waals surface area contributed by atoms with Crippen LogP contribution in [0, 0.1) is 0 Å². The van der Waals surface area contributed by atoms with Crippen LogP contribution in [0.15, 0.2) is 47.1 Å². The molecule has 0 aliphatic carbocycles. The number of furan rings is 1. The number of ether oxygens (including phenoxy) is 1. The zero-order valence-corrected chi connectivity index (χ0v) is 11.6. The lowest BCUT2D eigenvalue weighted by Crippen LogP contribution is -2.28. The fourth-order valence-corrected chi connectivity index (χ4v) is 1.67. The van der Waals surface area contributed by atoms with E-state index in [1.54, 1.807) is 42.7 Å². The van der Waals surface area contributed by atoms with Crippen LogP contribution in [0.5, 0.6) is 5.75 Å². The van der Waals surface area contributed by atoms with Gasteiger partial charge in [0.25, 0.3) is 5.91 Å². The number of carbonyl (C=O) groups is 2. The number of amides is 2. The molecule has 0 saturated heterocycles. The van der Waals surface area contributed by atoms with Gasteiger partial charge >= 0.3 is 0 Å². The summed E-state index contributed by atoms with van der Waals surface area (Å²) < 4.78 is 10.5. The van der Waals surface area contributed by atoms with E-state index in [-0.39, 0.29) is 18.4 Å². The lowest BCUT2D eigenvalue weighted by molar-refractivity contribution is -0.123. The third-order valence-corrected chi connectivity index (χ3v) is 2.56. The number of hydrogen-bond donors (Lipinski definition) is 2. The highest BCUT2D eigenvalue weighted by Crippen LogP contribution is 2.17. The summed E-state index contributed by atoms with van der Waals surface area (Å²) in [5.74, 6) is 0.769. The summed E-state index contributed by atoms with van der Waals surface area (Å²) in [4.78, 5) is 22.6. The summed E-state index contributed by atoms with van der Waals surface area (Å²) in [6.07, 6.45) is 1.55. The molecular formula is C15H16N2O4. The Labute approximate surface area is 122 Å². The summed E-state index contributed by atoms with van der Waals surface area (Å²) in [5.41, 5.74) is 0.621. The van der Waals surface area contributed by atoms with Crippen molar-refractivity contribution in [1.82, 2.24) is 5.32 Å². The van der Waals surface area contributed by atoms with Crippen molar-refractivity contribution in [2.24, 2.45) is 0 Å². The molecular weight excluding hydrogens is 272 g/mol. The van der Waals surface area contributed by atoms with Crippen molar-refractivity contribution in [3.05, 3.63) is 48.4 Å². The number of rotatable bonds is 6. The molecule has 2 N–H and O–H groups in total. The molecule has 0 aliphatic heterocycles. The molecule has 0 aliphatic rings. The van der Waals surface area contributed by atoms with Crippen molar-refractivity contribution in [2.45, 2.75) is 13.5 Å². The maximum Gasteiger partial charge on any atom is 0.258 e. The minimum atomic E-state index is -0.253. The second kappa shape index (κ2) is 7.14. The summed E-state index contributed by atoms with van der Waals surface area (Å²) in [7, 11) is 0. The number of carbonyl (C=O) groups excluding carboxylic acids is 2. The SMILES string of the molecule is CC(=O)Nc1cccc(OCC(=O)NCc2ccco2)c1. The summed E-state index contributed by atoms with van der Waals surface area (Å²) in [5, 5.41) is 5.32. The van der Waals surface area contributed by atoms with Crippen LogP contribution >= 0.6 is 0 Å². The van der Waals surface area contributed by atoms with Crippen molar-refractivity contribution >= 4 is 17.5 Å². The Morgan fingerprint density at radius 1 is 1.24 bits per heavy atom. The molecule has 2 amide bonds. The normalized spacial score (nSPS) is 9.95. The van der Waals surface area contributed by atoms with Gasteiger partial charge in [0.2, 0.25) is 5.91 Å². The van der Waals surface area contributed by atoms with Crippen LogP contribution < -0.4 is 15.4 Å². The second-order valence-electron chi connectivity index (χ2n) is 4.35. The Morgan fingerprint density at radius 2 is 2.10 bits per heavy atom.